The molecule has 0 fully saturated rings. The first-order chi connectivity index (χ1) is 14.0. The van der Waals surface area contributed by atoms with Crippen molar-refractivity contribution in [2.45, 2.75) is 24.4 Å². The molecule has 0 N–H and O–H groups in total. The molecule has 4 aliphatic carbocycles. The summed E-state index contributed by atoms with van der Waals surface area (Å²) in [5.74, 6) is 0. The third-order valence-electron chi connectivity index (χ3n) is 6.40. The van der Waals surface area contributed by atoms with Gasteiger partial charge in [0.05, 0.1) is 5.41 Å². The van der Waals surface area contributed by atoms with Gasteiger partial charge in [-0.1, -0.05) is 86.0 Å². The Morgan fingerprint density at radius 3 is 2.38 bits per heavy atom. The molecule has 1 aromatic rings. The predicted octanol–water partition coefficient (Wildman–Crippen LogP) is 7.04. The first-order valence-electron chi connectivity index (χ1n) is 10.0. The number of allylic oxidation sites excluding steroid dienone is 16. The molecular weight excluding hydrogens is 355 g/mol. The van der Waals surface area contributed by atoms with Crippen LogP contribution < -0.4 is 0 Å². The molecule has 0 radical (unpaired) electrons. The first kappa shape index (κ1) is 17.9. The van der Waals surface area contributed by atoms with Gasteiger partial charge in [0.1, 0.15) is 5.67 Å². The molecule has 0 aromatic heterocycles. The second-order valence-electron chi connectivity index (χ2n) is 8.04. The SMILES string of the molecule is C=CC1=C(C=C)C2(C3=C(C=CCC=C3)C3=C2C=CC(C)(F)C=C3)c2ccccc21. The molecule has 0 amide bonds. The van der Waals surface area contributed by atoms with Crippen LogP contribution >= 0.6 is 0 Å². The summed E-state index contributed by atoms with van der Waals surface area (Å²) in [5, 5.41) is 0. The van der Waals surface area contributed by atoms with Crippen molar-refractivity contribution in [3.8, 4) is 0 Å². The number of rotatable bonds is 2. The quantitative estimate of drug-likeness (QED) is 0.518. The summed E-state index contributed by atoms with van der Waals surface area (Å²) < 4.78 is 14.9. The van der Waals surface area contributed by atoms with E-state index in [4.69, 9.17) is 0 Å². The van der Waals surface area contributed by atoms with E-state index in [9.17, 15) is 4.39 Å². The van der Waals surface area contributed by atoms with Crippen LogP contribution in [0.1, 0.15) is 24.5 Å². The summed E-state index contributed by atoms with van der Waals surface area (Å²) >= 11 is 0. The van der Waals surface area contributed by atoms with Crippen molar-refractivity contribution in [3.05, 3.63) is 137 Å². The number of fused-ring (bicyclic) bond motifs is 5. The average molecular weight is 378 g/mol. The highest BCUT2D eigenvalue weighted by Crippen LogP contribution is 2.62. The summed E-state index contributed by atoms with van der Waals surface area (Å²) in [7, 11) is 0. The maximum atomic E-state index is 14.9. The molecule has 29 heavy (non-hydrogen) atoms. The van der Waals surface area contributed by atoms with Crippen molar-refractivity contribution in [2.24, 2.45) is 0 Å². The van der Waals surface area contributed by atoms with Crippen LogP contribution in [0.25, 0.3) is 5.57 Å². The molecule has 1 spiro atoms. The van der Waals surface area contributed by atoms with Crippen LogP contribution in [0.4, 0.5) is 4.39 Å². The lowest BCUT2D eigenvalue weighted by molar-refractivity contribution is 0.328. The van der Waals surface area contributed by atoms with Gasteiger partial charge < -0.3 is 0 Å². The summed E-state index contributed by atoms with van der Waals surface area (Å²) in [5.41, 5.74) is 7.20. The Balaban J connectivity index is 1.97. The summed E-state index contributed by atoms with van der Waals surface area (Å²) in [6, 6.07) is 8.48. The molecule has 1 aromatic carbocycles. The smallest absolute Gasteiger partial charge is 0.145 e. The van der Waals surface area contributed by atoms with Crippen LogP contribution in [0.15, 0.2) is 126 Å². The van der Waals surface area contributed by atoms with Gasteiger partial charge in [-0.15, -0.1) is 0 Å². The number of halogens is 1. The molecule has 0 heterocycles. The van der Waals surface area contributed by atoms with Crippen LogP contribution in [-0.2, 0) is 5.41 Å². The zero-order valence-electron chi connectivity index (χ0n) is 16.6. The van der Waals surface area contributed by atoms with Gasteiger partial charge in [-0.05, 0) is 70.1 Å². The van der Waals surface area contributed by atoms with Crippen molar-refractivity contribution < 1.29 is 4.39 Å². The Morgan fingerprint density at radius 1 is 0.897 bits per heavy atom. The third kappa shape index (κ3) is 2.25. The van der Waals surface area contributed by atoms with E-state index in [2.05, 4.69) is 61.7 Å². The molecule has 5 rings (SSSR count). The lowest BCUT2D eigenvalue weighted by Gasteiger charge is -2.33. The molecule has 0 saturated carbocycles. The number of hydrogen-bond acceptors (Lipinski definition) is 0. The molecule has 0 saturated heterocycles. The number of hydrogen-bond donors (Lipinski definition) is 0. The van der Waals surface area contributed by atoms with Crippen LogP contribution in [0.2, 0.25) is 0 Å². The first-order valence-corrected chi connectivity index (χ1v) is 10.0. The minimum Gasteiger partial charge on any atom is -0.235 e. The van der Waals surface area contributed by atoms with E-state index >= 15 is 0 Å². The normalized spacial score (nSPS) is 29.2. The molecule has 142 valence electrons. The molecule has 2 atom stereocenters. The number of benzene rings is 1. The van der Waals surface area contributed by atoms with E-state index in [1.165, 1.54) is 16.7 Å². The van der Waals surface area contributed by atoms with E-state index in [1.54, 1.807) is 19.1 Å². The zero-order valence-corrected chi connectivity index (χ0v) is 16.6. The standard InChI is InChI=1S/C28H23F/c1-4-19-20-12-9-10-14-24(20)28(23(19)5-2)25-13-8-6-7-11-21(25)22-15-17-27(3,29)18-16-26(22)28/h4-5,7-18H,1-2,6H2,3H3. The highest BCUT2D eigenvalue weighted by Gasteiger charge is 2.52. The molecule has 4 aliphatic rings. The minimum absolute atomic E-state index is 0.501. The lowest BCUT2D eigenvalue weighted by Crippen LogP contribution is -2.28. The molecular formula is C28H23F. The van der Waals surface area contributed by atoms with Gasteiger partial charge in [-0.3, -0.25) is 0 Å². The van der Waals surface area contributed by atoms with E-state index < -0.39 is 11.1 Å². The fourth-order valence-corrected chi connectivity index (χ4v) is 5.23. The Bertz CT molecular complexity index is 1170. The molecule has 0 nitrogen and oxygen atoms in total. The maximum Gasteiger partial charge on any atom is 0.145 e. The highest BCUT2D eigenvalue weighted by molar-refractivity contribution is 5.95. The van der Waals surface area contributed by atoms with Gasteiger partial charge in [-0.2, -0.15) is 0 Å². The summed E-state index contributed by atoms with van der Waals surface area (Å²) in [6.45, 7) is 9.88. The van der Waals surface area contributed by atoms with Crippen LogP contribution in [0.3, 0.4) is 0 Å². The monoisotopic (exact) mass is 378 g/mol. The Labute approximate surface area is 171 Å². The van der Waals surface area contributed by atoms with Gasteiger partial charge in [0, 0.05) is 0 Å². The molecule has 1 heteroatoms. The zero-order chi connectivity index (χ0) is 20.2. The topological polar surface area (TPSA) is 0 Å². The predicted molar refractivity (Wildman–Crippen MR) is 120 cm³/mol. The van der Waals surface area contributed by atoms with E-state index in [-0.39, 0.29) is 0 Å². The van der Waals surface area contributed by atoms with Gasteiger partial charge in [0.25, 0.3) is 0 Å². The van der Waals surface area contributed by atoms with Gasteiger partial charge in [0.15, 0.2) is 0 Å². The van der Waals surface area contributed by atoms with Gasteiger partial charge >= 0.3 is 0 Å². The Kier molecular flexibility index (Phi) is 3.79. The van der Waals surface area contributed by atoms with Crippen molar-refractivity contribution in [1.82, 2.24) is 0 Å². The average Bonchev–Trinajstić information content (AvgIpc) is 2.90. The Morgan fingerprint density at radius 2 is 1.59 bits per heavy atom. The van der Waals surface area contributed by atoms with Crippen molar-refractivity contribution in [1.29, 1.82) is 0 Å². The molecule has 0 bridgehead atoms. The second-order valence-corrected chi connectivity index (χ2v) is 8.04. The fourth-order valence-electron chi connectivity index (χ4n) is 5.23. The number of alkyl halides is 1. The maximum absolute atomic E-state index is 14.9. The minimum atomic E-state index is -1.48. The van der Waals surface area contributed by atoms with E-state index in [0.717, 1.165) is 34.3 Å². The van der Waals surface area contributed by atoms with Gasteiger partial charge in [0.2, 0.25) is 0 Å². The molecule has 2 unspecified atom stereocenters. The van der Waals surface area contributed by atoms with E-state index in [1.807, 2.05) is 24.3 Å². The van der Waals surface area contributed by atoms with Gasteiger partial charge in [-0.25, -0.2) is 4.39 Å². The van der Waals surface area contributed by atoms with Crippen molar-refractivity contribution in [3.63, 3.8) is 0 Å². The highest BCUT2D eigenvalue weighted by atomic mass is 19.1. The largest absolute Gasteiger partial charge is 0.235 e. The molecule has 0 aliphatic heterocycles. The summed E-state index contributed by atoms with van der Waals surface area (Å²) in [6.07, 6.45) is 20.8. The fraction of sp³-hybridized carbons (Fsp3) is 0.143. The third-order valence-corrected chi connectivity index (χ3v) is 6.40. The summed E-state index contributed by atoms with van der Waals surface area (Å²) in [4.78, 5) is 0. The van der Waals surface area contributed by atoms with Crippen LogP contribution in [0, 0.1) is 0 Å². The van der Waals surface area contributed by atoms with Crippen LogP contribution in [-0.4, -0.2) is 5.67 Å². The van der Waals surface area contributed by atoms with Crippen molar-refractivity contribution >= 4 is 5.57 Å². The van der Waals surface area contributed by atoms with Crippen molar-refractivity contribution in [2.75, 3.05) is 0 Å². The Hall–Kier alpha value is -3.19. The van der Waals surface area contributed by atoms with E-state index in [0.29, 0.717) is 0 Å². The lowest BCUT2D eigenvalue weighted by atomic mass is 9.67. The second kappa shape index (κ2) is 6.15. The van der Waals surface area contributed by atoms with Crippen LogP contribution in [0.5, 0.6) is 0 Å².